The Morgan fingerprint density at radius 1 is 1.64 bits per heavy atom. The molecule has 14 heavy (non-hydrogen) atoms. The molecule has 1 rings (SSSR count). The van der Waals surface area contributed by atoms with E-state index in [-0.39, 0.29) is 17.2 Å². The predicted octanol–water partition coefficient (Wildman–Crippen LogP) is 1.22. The van der Waals surface area contributed by atoms with Crippen LogP contribution in [0.3, 0.4) is 0 Å². The van der Waals surface area contributed by atoms with Crippen molar-refractivity contribution in [2.75, 3.05) is 6.54 Å². The van der Waals surface area contributed by atoms with Crippen molar-refractivity contribution < 1.29 is 4.79 Å². The standard InChI is InChI=1S/C10H18N2OS/c1-10(2)6-7(10)9(13)12-5-3-4-8(11)14/h7H,3-6H2,1-2H3,(H2,11,14)(H,12,13). The fourth-order valence-corrected chi connectivity index (χ4v) is 1.66. The van der Waals surface area contributed by atoms with Crippen LogP contribution in [0, 0.1) is 11.3 Å². The van der Waals surface area contributed by atoms with Crippen LogP contribution >= 0.6 is 12.2 Å². The average Bonchev–Trinajstić information content (AvgIpc) is 2.68. The summed E-state index contributed by atoms with van der Waals surface area (Å²) >= 11 is 4.74. The third kappa shape index (κ3) is 3.25. The van der Waals surface area contributed by atoms with E-state index >= 15 is 0 Å². The molecule has 1 unspecified atom stereocenters. The van der Waals surface area contributed by atoms with E-state index in [4.69, 9.17) is 18.0 Å². The Labute approximate surface area is 90.4 Å². The molecule has 1 aliphatic carbocycles. The summed E-state index contributed by atoms with van der Waals surface area (Å²) in [7, 11) is 0. The van der Waals surface area contributed by atoms with Crippen LogP contribution in [0.25, 0.3) is 0 Å². The highest BCUT2D eigenvalue weighted by Gasteiger charge is 2.50. The summed E-state index contributed by atoms with van der Waals surface area (Å²) in [4.78, 5) is 12.0. The minimum Gasteiger partial charge on any atom is -0.393 e. The van der Waals surface area contributed by atoms with Crippen LogP contribution in [-0.2, 0) is 4.79 Å². The summed E-state index contributed by atoms with van der Waals surface area (Å²) in [5.74, 6) is 0.394. The van der Waals surface area contributed by atoms with E-state index in [0.29, 0.717) is 18.0 Å². The minimum atomic E-state index is 0.179. The van der Waals surface area contributed by atoms with Crippen molar-refractivity contribution in [3.63, 3.8) is 0 Å². The lowest BCUT2D eigenvalue weighted by atomic mass is 10.1. The number of hydrogen-bond donors (Lipinski definition) is 2. The van der Waals surface area contributed by atoms with Gasteiger partial charge in [0.1, 0.15) is 0 Å². The topological polar surface area (TPSA) is 55.1 Å². The number of amides is 1. The van der Waals surface area contributed by atoms with Crippen molar-refractivity contribution in [1.82, 2.24) is 5.32 Å². The highest BCUT2D eigenvalue weighted by Crippen LogP contribution is 2.51. The van der Waals surface area contributed by atoms with Gasteiger partial charge in [-0.05, 0) is 24.7 Å². The van der Waals surface area contributed by atoms with Crippen LogP contribution in [-0.4, -0.2) is 17.4 Å². The van der Waals surface area contributed by atoms with Gasteiger partial charge in [0, 0.05) is 12.5 Å². The van der Waals surface area contributed by atoms with E-state index in [9.17, 15) is 4.79 Å². The van der Waals surface area contributed by atoms with Gasteiger partial charge in [0.2, 0.25) is 5.91 Å². The lowest BCUT2D eigenvalue weighted by molar-refractivity contribution is -0.122. The lowest BCUT2D eigenvalue weighted by Gasteiger charge is -2.05. The van der Waals surface area contributed by atoms with Gasteiger partial charge in [-0.15, -0.1) is 0 Å². The molecule has 0 heterocycles. The zero-order valence-corrected chi connectivity index (χ0v) is 9.62. The fraction of sp³-hybridized carbons (Fsp3) is 0.800. The fourth-order valence-electron chi connectivity index (χ4n) is 1.51. The van der Waals surface area contributed by atoms with Gasteiger partial charge in [0.05, 0.1) is 4.99 Å². The number of carbonyl (C=O) groups excluding carboxylic acids is 1. The Morgan fingerprint density at radius 3 is 2.64 bits per heavy atom. The molecule has 3 N–H and O–H groups in total. The lowest BCUT2D eigenvalue weighted by Crippen LogP contribution is -2.28. The number of thiocarbonyl (C=S) groups is 1. The Hall–Kier alpha value is -0.640. The Morgan fingerprint density at radius 2 is 2.21 bits per heavy atom. The van der Waals surface area contributed by atoms with Gasteiger partial charge in [-0.1, -0.05) is 26.1 Å². The monoisotopic (exact) mass is 214 g/mol. The second-order valence-electron chi connectivity index (χ2n) is 4.61. The smallest absolute Gasteiger partial charge is 0.223 e. The first kappa shape index (κ1) is 11.4. The molecule has 1 saturated carbocycles. The van der Waals surface area contributed by atoms with E-state index < -0.39 is 0 Å². The van der Waals surface area contributed by atoms with E-state index in [0.717, 1.165) is 12.8 Å². The summed E-state index contributed by atoms with van der Waals surface area (Å²) in [6.07, 6.45) is 2.56. The zero-order valence-electron chi connectivity index (χ0n) is 8.80. The van der Waals surface area contributed by atoms with Gasteiger partial charge in [-0.25, -0.2) is 0 Å². The Bertz CT molecular complexity index is 251. The molecular formula is C10H18N2OS. The van der Waals surface area contributed by atoms with E-state index in [1.165, 1.54) is 0 Å². The number of hydrogen-bond acceptors (Lipinski definition) is 2. The molecule has 1 aliphatic rings. The van der Waals surface area contributed by atoms with Gasteiger partial charge >= 0.3 is 0 Å². The van der Waals surface area contributed by atoms with Crippen LogP contribution < -0.4 is 11.1 Å². The second kappa shape index (κ2) is 4.26. The van der Waals surface area contributed by atoms with Gasteiger partial charge in [-0.3, -0.25) is 4.79 Å². The van der Waals surface area contributed by atoms with Crippen LogP contribution in [0.1, 0.15) is 33.1 Å². The normalized spacial score (nSPS) is 22.9. The second-order valence-corrected chi connectivity index (χ2v) is 5.13. The molecule has 0 radical (unpaired) electrons. The summed E-state index contributed by atoms with van der Waals surface area (Å²) in [6.45, 7) is 4.92. The summed E-state index contributed by atoms with van der Waals surface area (Å²) in [5, 5.41) is 2.90. The maximum Gasteiger partial charge on any atom is 0.223 e. The zero-order chi connectivity index (χ0) is 10.8. The molecule has 1 amide bonds. The molecule has 0 aromatic rings. The first-order valence-corrected chi connectivity index (χ1v) is 5.40. The van der Waals surface area contributed by atoms with E-state index in [1.807, 2.05) is 0 Å². The quantitative estimate of drug-likeness (QED) is 0.534. The maximum atomic E-state index is 11.5. The SMILES string of the molecule is CC1(C)CC1C(=O)NCCCC(N)=S. The number of nitrogens with two attached hydrogens (primary N) is 1. The van der Waals surface area contributed by atoms with Crippen molar-refractivity contribution in [3.8, 4) is 0 Å². The van der Waals surface area contributed by atoms with Crippen molar-refractivity contribution in [3.05, 3.63) is 0 Å². The maximum absolute atomic E-state index is 11.5. The summed E-state index contributed by atoms with van der Waals surface area (Å²) in [6, 6.07) is 0. The third-order valence-electron chi connectivity index (χ3n) is 2.73. The molecule has 80 valence electrons. The predicted molar refractivity (Wildman–Crippen MR) is 60.9 cm³/mol. The van der Waals surface area contributed by atoms with E-state index in [1.54, 1.807) is 0 Å². The Kier molecular flexibility index (Phi) is 3.48. The molecule has 4 heteroatoms. The number of carbonyl (C=O) groups is 1. The molecule has 0 saturated heterocycles. The summed E-state index contributed by atoms with van der Waals surface area (Å²) in [5.41, 5.74) is 5.56. The first-order valence-electron chi connectivity index (χ1n) is 4.99. The van der Waals surface area contributed by atoms with Crippen LogP contribution in [0.5, 0.6) is 0 Å². The van der Waals surface area contributed by atoms with Gasteiger partial charge < -0.3 is 11.1 Å². The van der Waals surface area contributed by atoms with Gasteiger partial charge in [0.25, 0.3) is 0 Å². The number of nitrogens with one attached hydrogen (secondary N) is 1. The largest absolute Gasteiger partial charge is 0.393 e. The molecule has 1 fully saturated rings. The van der Waals surface area contributed by atoms with Crippen molar-refractivity contribution in [1.29, 1.82) is 0 Å². The molecule has 0 bridgehead atoms. The molecule has 0 aromatic carbocycles. The molecular weight excluding hydrogens is 196 g/mol. The molecule has 0 spiro atoms. The van der Waals surface area contributed by atoms with Crippen molar-refractivity contribution in [2.24, 2.45) is 17.1 Å². The number of rotatable bonds is 5. The molecule has 0 aromatic heterocycles. The molecule has 0 aliphatic heterocycles. The van der Waals surface area contributed by atoms with E-state index in [2.05, 4.69) is 19.2 Å². The Balaban J connectivity index is 2.08. The molecule has 3 nitrogen and oxygen atoms in total. The van der Waals surface area contributed by atoms with Gasteiger partial charge in [-0.2, -0.15) is 0 Å². The van der Waals surface area contributed by atoms with Crippen molar-refractivity contribution in [2.45, 2.75) is 33.1 Å². The highest BCUT2D eigenvalue weighted by atomic mass is 32.1. The van der Waals surface area contributed by atoms with Crippen LogP contribution in [0.4, 0.5) is 0 Å². The molecule has 1 atom stereocenters. The first-order chi connectivity index (χ1) is 6.43. The van der Waals surface area contributed by atoms with Crippen LogP contribution in [0.15, 0.2) is 0 Å². The van der Waals surface area contributed by atoms with Crippen LogP contribution in [0.2, 0.25) is 0 Å². The third-order valence-corrected chi connectivity index (χ3v) is 2.93. The summed E-state index contributed by atoms with van der Waals surface area (Å²) < 4.78 is 0. The average molecular weight is 214 g/mol. The minimum absolute atomic E-state index is 0.179. The van der Waals surface area contributed by atoms with Gasteiger partial charge in [0.15, 0.2) is 0 Å². The van der Waals surface area contributed by atoms with Crippen molar-refractivity contribution >= 4 is 23.1 Å². The highest BCUT2D eigenvalue weighted by molar-refractivity contribution is 7.80.